The molecule has 1 fully saturated rings. The molecular weight excluding hydrogens is 214 g/mol. The standard InChI is InChI=1S/C10H19NO3S/c1-7(15-2)5-11-6-8-3-4-9(14-8)10(12)13/h7-9,11H,3-6H2,1-2H3,(H,12,13). The molecule has 0 aliphatic carbocycles. The van der Waals surface area contributed by atoms with Crippen molar-refractivity contribution in [2.24, 2.45) is 0 Å². The number of hydrogen-bond donors (Lipinski definition) is 2. The molecule has 0 amide bonds. The third kappa shape index (κ3) is 4.40. The summed E-state index contributed by atoms with van der Waals surface area (Å²) in [6.45, 7) is 3.86. The second-order valence-electron chi connectivity index (χ2n) is 3.87. The van der Waals surface area contributed by atoms with Gasteiger partial charge in [-0.15, -0.1) is 0 Å². The van der Waals surface area contributed by atoms with Crippen molar-refractivity contribution in [1.82, 2.24) is 5.32 Å². The van der Waals surface area contributed by atoms with Crippen molar-refractivity contribution in [3.05, 3.63) is 0 Å². The van der Waals surface area contributed by atoms with E-state index in [-0.39, 0.29) is 6.10 Å². The maximum atomic E-state index is 10.6. The first-order chi connectivity index (χ1) is 7.13. The predicted molar refractivity (Wildman–Crippen MR) is 61.4 cm³/mol. The van der Waals surface area contributed by atoms with E-state index in [1.807, 2.05) is 11.8 Å². The molecule has 0 aromatic heterocycles. The van der Waals surface area contributed by atoms with Gasteiger partial charge >= 0.3 is 5.97 Å². The summed E-state index contributed by atoms with van der Waals surface area (Å²) in [5.41, 5.74) is 0. The molecule has 3 unspecified atom stereocenters. The van der Waals surface area contributed by atoms with E-state index in [0.29, 0.717) is 11.7 Å². The van der Waals surface area contributed by atoms with Crippen molar-refractivity contribution in [3.8, 4) is 0 Å². The van der Waals surface area contributed by atoms with Crippen LogP contribution >= 0.6 is 11.8 Å². The van der Waals surface area contributed by atoms with Gasteiger partial charge < -0.3 is 15.2 Å². The fourth-order valence-corrected chi connectivity index (χ4v) is 1.85. The third-order valence-electron chi connectivity index (χ3n) is 2.59. The Morgan fingerprint density at radius 1 is 1.67 bits per heavy atom. The number of thioether (sulfide) groups is 1. The van der Waals surface area contributed by atoms with Crippen molar-refractivity contribution in [2.75, 3.05) is 19.3 Å². The maximum Gasteiger partial charge on any atom is 0.332 e. The average Bonchev–Trinajstić information content (AvgIpc) is 2.66. The van der Waals surface area contributed by atoms with Gasteiger partial charge in [0.15, 0.2) is 6.10 Å². The minimum Gasteiger partial charge on any atom is -0.479 e. The smallest absolute Gasteiger partial charge is 0.332 e. The lowest BCUT2D eigenvalue weighted by Gasteiger charge is -2.14. The molecule has 0 radical (unpaired) electrons. The summed E-state index contributed by atoms with van der Waals surface area (Å²) in [5, 5.41) is 12.6. The summed E-state index contributed by atoms with van der Waals surface area (Å²) in [6.07, 6.45) is 3.05. The van der Waals surface area contributed by atoms with Gasteiger partial charge in [0.1, 0.15) is 0 Å². The Kier molecular flexibility index (Phi) is 5.42. The zero-order valence-corrected chi connectivity index (χ0v) is 10.0. The second kappa shape index (κ2) is 6.35. The van der Waals surface area contributed by atoms with Crippen LogP contribution in [0.1, 0.15) is 19.8 Å². The molecule has 0 bridgehead atoms. The Balaban J connectivity index is 2.11. The number of carboxylic acid groups (broad SMARTS) is 1. The lowest BCUT2D eigenvalue weighted by Crippen LogP contribution is -2.32. The van der Waals surface area contributed by atoms with Gasteiger partial charge in [0, 0.05) is 18.3 Å². The molecular formula is C10H19NO3S. The summed E-state index contributed by atoms with van der Waals surface area (Å²) >= 11 is 1.82. The number of carboxylic acids is 1. The molecule has 88 valence electrons. The molecule has 3 atom stereocenters. The number of carbonyl (C=O) groups is 1. The van der Waals surface area contributed by atoms with Crippen LogP contribution in [0, 0.1) is 0 Å². The van der Waals surface area contributed by atoms with E-state index < -0.39 is 12.1 Å². The molecule has 5 heteroatoms. The van der Waals surface area contributed by atoms with Crippen molar-refractivity contribution in [1.29, 1.82) is 0 Å². The summed E-state index contributed by atoms with van der Waals surface area (Å²) in [7, 11) is 0. The molecule has 0 aromatic rings. The van der Waals surface area contributed by atoms with E-state index in [0.717, 1.165) is 19.5 Å². The fraction of sp³-hybridized carbons (Fsp3) is 0.900. The number of aliphatic carboxylic acids is 1. The van der Waals surface area contributed by atoms with Gasteiger partial charge in [-0.2, -0.15) is 11.8 Å². The number of nitrogens with one attached hydrogen (secondary N) is 1. The van der Waals surface area contributed by atoms with Crippen molar-refractivity contribution >= 4 is 17.7 Å². The molecule has 15 heavy (non-hydrogen) atoms. The molecule has 4 nitrogen and oxygen atoms in total. The molecule has 2 N–H and O–H groups in total. The van der Waals surface area contributed by atoms with Crippen LogP contribution in [0.25, 0.3) is 0 Å². The molecule has 1 aliphatic heterocycles. The molecule has 1 aliphatic rings. The maximum absolute atomic E-state index is 10.6. The highest BCUT2D eigenvalue weighted by molar-refractivity contribution is 7.99. The Hall–Kier alpha value is -0.260. The zero-order valence-electron chi connectivity index (χ0n) is 9.23. The number of hydrogen-bond acceptors (Lipinski definition) is 4. The second-order valence-corrected chi connectivity index (χ2v) is 5.14. The van der Waals surface area contributed by atoms with E-state index in [1.165, 1.54) is 0 Å². The van der Waals surface area contributed by atoms with Crippen LogP contribution in [0.3, 0.4) is 0 Å². The first kappa shape index (κ1) is 12.8. The molecule has 0 saturated carbocycles. The van der Waals surface area contributed by atoms with Crippen LogP contribution in [0.2, 0.25) is 0 Å². The Bertz CT molecular complexity index is 213. The van der Waals surface area contributed by atoms with Crippen molar-refractivity contribution in [3.63, 3.8) is 0 Å². The molecule has 1 saturated heterocycles. The first-order valence-corrected chi connectivity index (χ1v) is 6.54. The lowest BCUT2D eigenvalue weighted by molar-refractivity contribution is -0.149. The zero-order chi connectivity index (χ0) is 11.3. The van der Waals surface area contributed by atoms with Gasteiger partial charge in [0.25, 0.3) is 0 Å². The summed E-state index contributed by atoms with van der Waals surface area (Å²) in [6, 6.07) is 0. The monoisotopic (exact) mass is 233 g/mol. The Morgan fingerprint density at radius 2 is 2.40 bits per heavy atom. The summed E-state index contributed by atoms with van der Waals surface area (Å²) < 4.78 is 5.37. The van der Waals surface area contributed by atoms with Crippen LogP contribution in [-0.4, -0.2) is 47.9 Å². The van der Waals surface area contributed by atoms with Gasteiger partial charge in [-0.25, -0.2) is 4.79 Å². The van der Waals surface area contributed by atoms with Gasteiger partial charge in [-0.3, -0.25) is 0 Å². The fourth-order valence-electron chi connectivity index (χ4n) is 1.57. The number of ether oxygens (including phenoxy) is 1. The highest BCUT2D eigenvalue weighted by Gasteiger charge is 2.29. The predicted octanol–water partition coefficient (Wildman–Crippen LogP) is 0.960. The average molecular weight is 233 g/mol. The number of rotatable bonds is 6. The minimum atomic E-state index is -0.838. The van der Waals surface area contributed by atoms with Gasteiger partial charge in [0.05, 0.1) is 6.10 Å². The van der Waals surface area contributed by atoms with Crippen LogP contribution in [0.4, 0.5) is 0 Å². The Labute approximate surface area is 94.8 Å². The largest absolute Gasteiger partial charge is 0.479 e. The first-order valence-electron chi connectivity index (χ1n) is 5.25. The van der Waals surface area contributed by atoms with Gasteiger partial charge in [-0.1, -0.05) is 6.92 Å². The molecule has 0 aromatic carbocycles. The van der Waals surface area contributed by atoms with E-state index in [1.54, 1.807) is 0 Å². The Morgan fingerprint density at radius 3 is 2.93 bits per heavy atom. The quantitative estimate of drug-likeness (QED) is 0.715. The van der Waals surface area contributed by atoms with Crippen molar-refractivity contribution in [2.45, 2.75) is 37.2 Å². The topological polar surface area (TPSA) is 58.6 Å². The van der Waals surface area contributed by atoms with Crippen LogP contribution in [0.15, 0.2) is 0 Å². The van der Waals surface area contributed by atoms with E-state index >= 15 is 0 Å². The van der Waals surface area contributed by atoms with E-state index in [9.17, 15) is 4.79 Å². The third-order valence-corrected chi connectivity index (χ3v) is 3.56. The van der Waals surface area contributed by atoms with E-state index in [4.69, 9.17) is 9.84 Å². The summed E-state index contributed by atoms with van der Waals surface area (Å²) in [5.74, 6) is -0.838. The highest BCUT2D eigenvalue weighted by atomic mass is 32.2. The molecule has 0 spiro atoms. The van der Waals surface area contributed by atoms with Crippen molar-refractivity contribution < 1.29 is 14.6 Å². The minimum absolute atomic E-state index is 0.0696. The highest BCUT2D eigenvalue weighted by Crippen LogP contribution is 2.19. The normalized spacial score (nSPS) is 27.9. The SMILES string of the molecule is CSC(C)CNCC1CCC(C(=O)O)O1. The van der Waals surface area contributed by atoms with Crippen LogP contribution < -0.4 is 5.32 Å². The molecule has 1 rings (SSSR count). The van der Waals surface area contributed by atoms with E-state index in [2.05, 4.69) is 18.5 Å². The van der Waals surface area contributed by atoms with Gasteiger partial charge in [-0.05, 0) is 19.1 Å². The van der Waals surface area contributed by atoms with Gasteiger partial charge in [0.2, 0.25) is 0 Å². The lowest BCUT2D eigenvalue weighted by atomic mass is 10.2. The molecule has 1 heterocycles. The summed E-state index contributed by atoms with van der Waals surface area (Å²) in [4.78, 5) is 10.6. The van der Waals surface area contributed by atoms with Crippen LogP contribution in [-0.2, 0) is 9.53 Å². The van der Waals surface area contributed by atoms with Crippen LogP contribution in [0.5, 0.6) is 0 Å².